The molecule has 13 heavy (non-hydrogen) atoms. The zero-order valence-electron chi connectivity index (χ0n) is 7.01. The van der Waals surface area contributed by atoms with Gasteiger partial charge in [-0.1, -0.05) is 6.92 Å². The third kappa shape index (κ3) is 2.08. The zero-order chi connectivity index (χ0) is 9.84. The van der Waals surface area contributed by atoms with Crippen LogP contribution in [0.25, 0.3) is 0 Å². The molecule has 0 amide bonds. The number of hydrogen-bond acceptors (Lipinski definition) is 4. The molecule has 5 nitrogen and oxygen atoms in total. The fourth-order valence-corrected chi connectivity index (χ4v) is 0.872. The first-order valence-corrected chi connectivity index (χ1v) is 3.69. The standard InChI is InChI=1S/C8H8N2O3/c1-6(5-11)7-2-8(10(12)13)4-9-3-7/h2-6H,1H3. The van der Waals surface area contributed by atoms with E-state index < -0.39 is 4.92 Å². The number of carbonyl (C=O) groups excluding carboxylic acids is 1. The van der Waals surface area contributed by atoms with Gasteiger partial charge in [-0.25, -0.2) is 0 Å². The van der Waals surface area contributed by atoms with Gasteiger partial charge in [0.05, 0.1) is 4.92 Å². The first-order chi connectivity index (χ1) is 6.15. The summed E-state index contributed by atoms with van der Waals surface area (Å²) < 4.78 is 0. The lowest BCUT2D eigenvalue weighted by Gasteiger charge is -2.01. The number of aldehydes is 1. The van der Waals surface area contributed by atoms with Gasteiger partial charge in [-0.15, -0.1) is 0 Å². The number of nitro groups is 1. The molecular weight excluding hydrogens is 172 g/mol. The summed E-state index contributed by atoms with van der Waals surface area (Å²) in [4.78, 5) is 23.9. The molecule has 0 fully saturated rings. The van der Waals surface area contributed by atoms with Gasteiger partial charge in [-0.2, -0.15) is 0 Å². The molecule has 1 aromatic rings. The Morgan fingerprint density at radius 3 is 2.85 bits per heavy atom. The van der Waals surface area contributed by atoms with E-state index >= 15 is 0 Å². The maximum Gasteiger partial charge on any atom is 0.287 e. The quantitative estimate of drug-likeness (QED) is 0.399. The number of hydrogen-bond donors (Lipinski definition) is 0. The Kier molecular flexibility index (Phi) is 2.69. The zero-order valence-corrected chi connectivity index (χ0v) is 7.01. The average molecular weight is 180 g/mol. The van der Waals surface area contributed by atoms with Gasteiger partial charge < -0.3 is 4.79 Å². The van der Waals surface area contributed by atoms with Crippen molar-refractivity contribution in [2.45, 2.75) is 12.8 Å². The van der Waals surface area contributed by atoms with Crippen LogP contribution < -0.4 is 0 Å². The minimum Gasteiger partial charge on any atom is -0.303 e. The molecule has 0 aliphatic heterocycles. The SMILES string of the molecule is CC(C=O)c1cncc([N+](=O)[O-])c1. The van der Waals surface area contributed by atoms with E-state index in [2.05, 4.69) is 4.98 Å². The Morgan fingerprint density at radius 1 is 1.62 bits per heavy atom. The molecule has 1 atom stereocenters. The van der Waals surface area contributed by atoms with Gasteiger partial charge in [-0.05, 0) is 5.56 Å². The number of pyridine rings is 1. The number of aromatic nitrogens is 1. The summed E-state index contributed by atoms with van der Waals surface area (Å²) in [5, 5.41) is 10.3. The summed E-state index contributed by atoms with van der Waals surface area (Å²) in [5.41, 5.74) is 0.468. The summed E-state index contributed by atoms with van der Waals surface area (Å²) in [5.74, 6) is -0.354. The first kappa shape index (κ1) is 9.31. The van der Waals surface area contributed by atoms with E-state index in [1.807, 2.05) is 0 Å². The van der Waals surface area contributed by atoms with E-state index in [1.54, 1.807) is 6.92 Å². The van der Waals surface area contributed by atoms with Crippen LogP contribution in [0.1, 0.15) is 18.4 Å². The third-order valence-electron chi connectivity index (χ3n) is 1.69. The molecule has 0 aliphatic carbocycles. The van der Waals surface area contributed by atoms with Crippen molar-refractivity contribution in [2.75, 3.05) is 0 Å². The van der Waals surface area contributed by atoms with Crippen LogP contribution >= 0.6 is 0 Å². The lowest BCUT2D eigenvalue weighted by Crippen LogP contribution is -1.97. The van der Waals surface area contributed by atoms with Crippen LogP contribution in [-0.4, -0.2) is 16.2 Å². The van der Waals surface area contributed by atoms with Gasteiger partial charge in [0.25, 0.3) is 5.69 Å². The monoisotopic (exact) mass is 180 g/mol. The minimum absolute atomic E-state index is 0.0915. The van der Waals surface area contributed by atoms with Gasteiger partial charge >= 0.3 is 0 Å². The summed E-state index contributed by atoms with van der Waals surface area (Å²) in [6.07, 6.45) is 3.33. The first-order valence-electron chi connectivity index (χ1n) is 3.69. The van der Waals surface area contributed by atoms with Crippen LogP contribution in [0, 0.1) is 10.1 Å². The molecule has 1 aromatic heterocycles. The molecule has 0 radical (unpaired) electrons. The van der Waals surface area contributed by atoms with E-state index in [1.165, 1.54) is 12.3 Å². The molecule has 1 rings (SSSR count). The summed E-state index contributed by atoms with van der Waals surface area (Å²) in [6, 6.07) is 1.35. The van der Waals surface area contributed by atoms with Gasteiger partial charge in [0.15, 0.2) is 0 Å². The molecule has 0 saturated heterocycles. The highest BCUT2D eigenvalue weighted by atomic mass is 16.6. The second-order valence-electron chi connectivity index (χ2n) is 2.66. The Balaban J connectivity index is 3.04. The third-order valence-corrected chi connectivity index (χ3v) is 1.69. The maximum absolute atomic E-state index is 10.4. The molecule has 1 heterocycles. The minimum atomic E-state index is -0.534. The second-order valence-corrected chi connectivity index (χ2v) is 2.66. The van der Waals surface area contributed by atoms with Crippen LogP contribution in [0.2, 0.25) is 0 Å². The fraction of sp³-hybridized carbons (Fsp3) is 0.250. The molecular formula is C8H8N2O3. The maximum atomic E-state index is 10.4. The Hall–Kier alpha value is -1.78. The average Bonchev–Trinajstić information content (AvgIpc) is 2.17. The lowest BCUT2D eigenvalue weighted by molar-refractivity contribution is -0.385. The van der Waals surface area contributed by atoms with Crippen molar-refractivity contribution >= 4 is 12.0 Å². The van der Waals surface area contributed by atoms with Gasteiger partial charge in [0, 0.05) is 18.2 Å². The predicted octanol–water partition coefficient (Wildman–Crippen LogP) is 1.29. The molecule has 1 unspecified atom stereocenters. The van der Waals surface area contributed by atoms with Gasteiger partial charge in [-0.3, -0.25) is 15.1 Å². The molecule has 0 aliphatic rings. The Labute approximate surface area is 74.6 Å². The number of carbonyl (C=O) groups is 1. The van der Waals surface area contributed by atoms with Crippen molar-refractivity contribution < 1.29 is 9.72 Å². The van der Waals surface area contributed by atoms with Crippen molar-refractivity contribution in [1.82, 2.24) is 4.98 Å². The molecule has 5 heteroatoms. The number of nitrogens with zero attached hydrogens (tertiary/aromatic N) is 2. The highest BCUT2D eigenvalue weighted by Gasteiger charge is 2.10. The van der Waals surface area contributed by atoms with Crippen LogP contribution in [0.15, 0.2) is 18.5 Å². The molecule has 0 bridgehead atoms. The van der Waals surface area contributed by atoms with E-state index in [0.29, 0.717) is 5.56 Å². The lowest BCUT2D eigenvalue weighted by atomic mass is 10.1. The van der Waals surface area contributed by atoms with Crippen LogP contribution in [-0.2, 0) is 4.79 Å². The largest absolute Gasteiger partial charge is 0.303 e. The summed E-state index contributed by atoms with van der Waals surface area (Å²) >= 11 is 0. The van der Waals surface area contributed by atoms with Gasteiger partial charge in [0.1, 0.15) is 12.5 Å². The fourth-order valence-electron chi connectivity index (χ4n) is 0.872. The van der Waals surface area contributed by atoms with Crippen LogP contribution in [0.5, 0.6) is 0 Å². The highest BCUT2D eigenvalue weighted by molar-refractivity contribution is 5.61. The van der Waals surface area contributed by atoms with Crippen molar-refractivity contribution in [2.24, 2.45) is 0 Å². The second kappa shape index (κ2) is 3.75. The Bertz CT molecular complexity index is 338. The molecule has 0 saturated carbocycles. The molecule has 68 valence electrons. The normalized spacial score (nSPS) is 12.1. The van der Waals surface area contributed by atoms with E-state index in [9.17, 15) is 14.9 Å². The van der Waals surface area contributed by atoms with Gasteiger partial charge in [0.2, 0.25) is 0 Å². The van der Waals surface area contributed by atoms with Crippen molar-refractivity contribution in [3.05, 3.63) is 34.1 Å². The van der Waals surface area contributed by atoms with Crippen molar-refractivity contribution in [1.29, 1.82) is 0 Å². The number of rotatable bonds is 3. The Morgan fingerprint density at radius 2 is 2.31 bits per heavy atom. The van der Waals surface area contributed by atoms with Crippen LogP contribution in [0.4, 0.5) is 5.69 Å². The summed E-state index contributed by atoms with van der Waals surface area (Å²) in [6.45, 7) is 1.66. The van der Waals surface area contributed by atoms with Crippen LogP contribution in [0.3, 0.4) is 0 Å². The molecule has 0 aromatic carbocycles. The smallest absolute Gasteiger partial charge is 0.287 e. The molecule has 0 N–H and O–H groups in total. The van der Waals surface area contributed by atoms with Crippen molar-refractivity contribution in [3.63, 3.8) is 0 Å². The van der Waals surface area contributed by atoms with Crippen molar-refractivity contribution in [3.8, 4) is 0 Å². The highest BCUT2D eigenvalue weighted by Crippen LogP contribution is 2.17. The van der Waals surface area contributed by atoms with E-state index in [-0.39, 0.29) is 11.6 Å². The van der Waals surface area contributed by atoms with E-state index in [0.717, 1.165) is 12.5 Å². The topological polar surface area (TPSA) is 73.1 Å². The molecule has 0 spiro atoms. The predicted molar refractivity (Wildman–Crippen MR) is 45.4 cm³/mol. The summed E-state index contributed by atoms with van der Waals surface area (Å²) in [7, 11) is 0. The van der Waals surface area contributed by atoms with E-state index in [4.69, 9.17) is 0 Å².